The van der Waals surface area contributed by atoms with Gasteiger partial charge < -0.3 is 9.47 Å². The Balaban J connectivity index is 2.05. The molecule has 0 N–H and O–H groups in total. The van der Waals surface area contributed by atoms with E-state index in [1.807, 2.05) is 12.1 Å². The molecule has 23 heavy (non-hydrogen) atoms. The maximum absolute atomic E-state index is 6.07. The zero-order chi connectivity index (χ0) is 16.6. The maximum Gasteiger partial charge on any atom is 0.123 e. The van der Waals surface area contributed by atoms with Crippen LogP contribution in [0.25, 0.3) is 0 Å². The third-order valence-electron chi connectivity index (χ3n) is 4.67. The summed E-state index contributed by atoms with van der Waals surface area (Å²) in [6.07, 6.45) is 1.24. The van der Waals surface area contributed by atoms with Crippen molar-refractivity contribution in [2.45, 2.75) is 51.6 Å². The highest BCUT2D eigenvalue weighted by atomic mass is 16.5. The summed E-state index contributed by atoms with van der Waals surface area (Å²) in [6.45, 7) is 8.91. The van der Waals surface area contributed by atoms with Crippen LogP contribution < -0.4 is 9.47 Å². The monoisotopic (exact) mass is 310 g/mol. The molecule has 2 aromatic rings. The highest BCUT2D eigenvalue weighted by molar-refractivity contribution is 5.48. The van der Waals surface area contributed by atoms with E-state index in [9.17, 15) is 0 Å². The van der Waals surface area contributed by atoms with Gasteiger partial charge >= 0.3 is 0 Å². The highest BCUT2D eigenvalue weighted by Crippen LogP contribution is 2.42. The van der Waals surface area contributed by atoms with E-state index in [4.69, 9.17) is 9.47 Å². The zero-order valence-corrected chi connectivity index (χ0v) is 14.7. The lowest BCUT2D eigenvalue weighted by atomic mass is 9.80. The Labute approximate surface area is 139 Å². The van der Waals surface area contributed by atoms with E-state index in [0.717, 1.165) is 17.9 Å². The summed E-state index contributed by atoms with van der Waals surface area (Å²) in [7, 11) is 1.70. The summed E-state index contributed by atoms with van der Waals surface area (Å²) >= 11 is 0. The van der Waals surface area contributed by atoms with Gasteiger partial charge in [0.15, 0.2) is 0 Å². The summed E-state index contributed by atoms with van der Waals surface area (Å²) in [5, 5.41) is 0. The van der Waals surface area contributed by atoms with E-state index >= 15 is 0 Å². The first-order valence-electron chi connectivity index (χ1n) is 8.33. The van der Waals surface area contributed by atoms with Crippen molar-refractivity contribution in [1.82, 2.24) is 0 Å². The Bertz CT molecular complexity index is 680. The molecule has 2 heteroatoms. The molecular formula is C21H26O2. The van der Waals surface area contributed by atoms with Gasteiger partial charge in [-0.1, -0.05) is 45.0 Å². The molecule has 0 spiro atoms. The molecule has 2 atom stereocenters. The van der Waals surface area contributed by atoms with Crippen LogP contribution in [0.4, 0.5) is 0 Å². The minimum atomic E-state index is 0.141. The number of benzene rings is 2. The molecule has 0 saturated heterocycles. The number of hydrogen-bond donors (Lipinski definition) is 0. The molecule has 0 amide bonds. The molecule has 2 unspecified atom stereocenters. The maximum atomic E-state index is 6.07. The number of ether oxygens (including phenoxy) is 2. The summed E-state index contributed by atoms with van der Waals surface area (Å²) in [5.74, 6) is 2.30. The summed E-state index contributed by atoms with van der Waals surface area (Å²) in [5.41, 5.74) is 4.13. The number of hydrogen-bond acceptors (Lipinski definition) is 2. The number of fused-ring (bicyclic) bond motifs is 1. The molecule has 0 bridgehead atoms. The Morgan fingerprint density at radius 2 is 1.74 bits per heavy atom. The van der Waals surface area contributed by atoms with Crippen LogP contribution in [-0.4, -0.2) is 13.2 Å². The van der Waals surface area contributed by atoms with Crippen molar-refractivity contribution in [2.24, 2.45) is 0 Å². The minimum absolute atomic E-state index is 0.141. The van der Waals surface area contributed by atoms with Crippen molar-refractivity contribution in [3.05, 3.63) is 59.2 Å². The Hall–Kier alpha value is -1.96. The fourth-order valence-corrected chi connectivity index (χ4v) is 3.27. The molecule has 3 rings (SSSR count). The van der Waals surface area contributed by atoms with Crippen LogP contribution in [-0.2, 0) is 5.41 Å². The molecule has 0 saturated carbocycles. The largest absolute Gasteiger partial charge is 0.497 e. The van der Waals surface area contributed by atoms with Gasteiger partial charge in [0.1, 0.15) is 11.5 Å². The first-order valence-corrected chi connectivity index (χ1v) is 8.33. The van der Waals surface area contributed by atoms with Gasteiger partial charge in [0.2, 0.25) is 0 Å². The second kappa shape index (κ2) is 5.92. The lowest BCUT2D eigenvalue weighted by molar-refractivity contribution is 0.183. The van der Waals surface area contributed by atoms with Crippen LogP contribution in [0.1, 0.15) is 56.7 Å². The van der Waals surface area contributed by atoms with Crippen LogP contribution in [0, 0.1) is 0 Å². The molecule has 122 valence electrons. The standard InChI is InChI=1S/C21H26O2/c1-14-12-18(15-6-9-17(22-5)10-7-15)19-13-16(21(2,3)4)8-11-20(19)23-14/h6-11,13-14,18H,12H2,1-5H3. The van der Waals surface area contributed by atoms with Gasteiger partial charge in [0, 0.05) is 11.5 Å². The summed E-state index contributed by atoms with van der Waals surface area (Å²) < 4.78 is 11.4. The molecule has 1 heterocycles. The van der Waals surface area contributed by atoms with Crippen LogP contribution in [0.3, 0.4) is 0 Å². The second-order valence-electron chi connectivity index (χ2n) is 7.49. The fourth-order valence-electron chi connectivity index (χ4n) is 3.27. The van der Waals surface area contributed by atoms with Gasteiger partial charge in [-0.25, -0.2) is 0 Å². The third kappa shape index (κ3) is 3.21. The number of rotatable bonds is 2. The normalized spacial score (nSPS) is 20.6. The van der Waals surface area contributed by atoms with Crippen molar-refractivity contribution in [3.63, 3.8) is 0 Å². The van der Waals surface area contributed by atoms with Crippen LogP contribution in [0.5, 0.6) is 11.5 Å². The first-order chi connectivity index (χ1) is 10.9. The molecule has 0 radical (unpaired) electrons. The van der Waals surface area contributed by atoms with Gasteiger partial charge in [-0.3, -0.25) is 0 Å². The van der Waals surface area contributed by atoms with Crippen molar-refractivity contribution < 1.29 is 9.47 Å². The lowest BCUT2D eigenvalue weighted by Gasteiger charge is -2.32. The highest BCUT2D eigenvalue weighted by Gasteiger charge is 2.28. The van der Waals surface area contributed by atoms with E-state index in [1.165, 1.54) is 16.7 Å². The van der Waals surface area contributed by atoms with Crippen molar-refractivity contribution in [2.75, 3.05) is 7.11 Å². The van der Waals surface area contributed by atoms with Gasteiger partial charge in [-0.2, -0.15) is 0 Å². The Morgan fingerprint density at radius 1 is 1.04 bits per heavy atom. The van der Waals surface area contributed by atoms with Crippen molar-refractivity contribution >= 4 is 0 Å². The molecule has 0 aliphatic carbocycles. The van der Waals surface area contributed by atoms with Crippen LogP contribution in [0.2, 0.25) is 0 Å². The fraction of sp³-hybridized carbons (Fsp3) is 0.429. The molecule has 1 aliphatic heterocycles. The predicted octanol–water partition coefficient (Wildman–Crippen LogP) is 5.30. The predicted molar refractivity (Wildman–Crippen MR) is 94.7 cm³/mol. The average molecular weight is 310 g/mol. The van der Waals surface area contributed by atoms with Gasteiger partial charge in [0.25, 0.3) is 0 Å². The summed E-state index contributed by atoms with van der Waals surface area (Å²) in [4.78, 5) is 0. The molecule has 0 fully saturated rings. The zero-order valence-electron chi connectivity index (χ0n) is 14.7. The van der Waals surface area contributed by atoms with E-state index in [1.54, 1.807) is 7.11 Å². The van der Waals surface area contributed by atoms with Gasteiger partial charge in [-0.05, 0) is 48.1 Å². The molecule has 1 aliphatic rings. The Kier molecular flexibility index (Phi) is 4.09. The van der Waals surface area contributed by atoms with Crippen LogP contribution in [0.15, 0.2) is 42.5 Å². The van der Waals surface area contributed by atoms with Crippen molar-refractivity contribution in [1.29, 1.82) is 0 Å². The average Bonchev–Trinajstić information content (AvgIpc) is 2.53. The van der Waals surface area contributed by atoms with Crippen molar-refractivity contribution in [3.8, 4) is 11.5 Å². The SMILES string of the molecule is COc1ccc(C2CC(C)Oc3ccc(C(C)(C)C)cc32)cc1. The third-order valence-corrected chi connectivity index (χ3v) is 4.67. The van der Waals surface area contributed by atoms with E-state index in [2.05, 4.69) is 58.0 Å². The lowest BCUT2D eigenvalue weighted by Crippen LogP contribution is -2.24. The smallest absolute Gasteiger partial charge is 0.123 e. The van der Waals surface area contributed by atoms with Crippen LogP contribution >= 0.6 is 0 Å². The minimum Gasteiger partial charge on any atom is -0.497 e. The van der Waals surface area contributed by atoms with E-state index in [0.29, 0.717) is 5.92 Å². The molecule has 2 nitrogen and oxygen atoms in total. The van der Waals surface area contributed by atoms with E-state index in [-0.39, 0.29) is 11.5 Å². The second-order valence-corrected chi connectivity index (χ2v) is 7.49. The molecular weight excluding hydrogens is 284 g/mol. The molecule has 2 aromatic carbocycles. The van der Waals surface area contributed by atoms with Gasteiger partial charge in [0.05, 0.1) is 13.2 Å². The quantitative estimate of drug-likeness (QED) is 0.750. The summed E-state index contributed by atoms with van der Waals surface area (Å²) in [6, 6.07) is 15.1. The van der Waals surface area contributed by atoms with E-state index < -0.39 is 0 Å². The van der Waals surface area contributed by atoms with Gasteiger partial charge in [-0.15, -0.1) is 0 Å². The molecule has 0 aromatic heterocycles. The Morgan fingerprint density at radius 3 is 2.35 bits per heavy atom. The topological polar surface area (TPSA) is 18.5 Å². The first kappa shape index (κ1) is 15.9. The number of methoxy groups -OCH3 is 1.